The van der Waals surface area contributed by atoms with Crippen LogP contribution in [0.3, 0.4) is 0 Å². The van der Waals surface area contributed by atoms with E-state index < -0.39 is 22.8 Å². The Labute approximate surface area is 268 Å². The maximum Gasteiger partial charge on any atom is 0.185 e. The molecule has 2 saturated heterocycles. The van der Waals surface area contributed by atoms with Crippen molar-refractivity contribution >= 4 is 34.8 Å². The number of rotatable bonds is 8. The number of aromatic nitrogens is 3. The van der Waals surface area contributed by atoms with Crippen molar-refractivity contribution in [2.75, 3.05) is 57.8 Å². The Bertz CT molecular complexity index is 1660. The van der Waals surface area contributed by atoms with Gasteiger partial charge in [-0.3, -0.25) is 0 Å². The summed E-state index contributed by atoms with van der Waals surface area (Å²) in [6.07, 6.45) is 4.17. The van der Waals surface area contributed by atoms with Gasteiger partial charge in [-0.2, -0.15) is 0 Å². The largest absolute Gasteiger partial charge is 0.495 e. The van der Waals surface area contributed by atoms with Crippen molar-refractivity contribution < 1.29 is 27.4 Å². The fourth-order valence-electron chi connectivity index (χ4n) is 8.68. The van der Waals surface area contributed by atoms with E-state index in [2.05, 4.69) is 62.9 Å². The second kappa shape index (κ2) is 11.8. The number of anilines is 1. The van der Waals surface area contributed by atoms with Gasteiger partial charge in [-0.1, -0.05) is 41.5 Å². The molecule has 0 amide bonds. The molecule has 0 N–H and O–H groups in total. The maximum absolute atomic E-state index is 13.7. The summed E-state index contributed by atoms with van der Waals surface area (Å²) in [7, 11) is -4.04. The molecule has 12 heteroatoms. The molecule has 45 heavy (non-hydrogen) atoms. The molecule has 3 aliphatic heterocycles. The molecule has 6 rings (SSSR count). The van der Waals surface area contributed by atoms with Gasteiger partial charge in [0.05, 0.1) is 31.9 Å². The van der Waals surface area contributed by atoms with E-state index in [0.717, 1.165) is 22.2 Å². The van der Waals surface area contributed by atoms with Crippen LogP contribution < -0.4 is 14.4 Å². The minimum Gasteiger partial charge on any atom is -0.495 e. The molecule has 0 saturated carbocycles. The second-order valence-corrected chi connectivity index (χ2v) is 21.8. The van der Waals surface area contributed by atoms with Gasteiger partial charge in [0.25, 0.3) is 0 Å². The van der Waals surface area contributed by atoms with Gasteiger partial charge in [-0.25, -0.2) is 18.4 Å². The summed E-state index contributed by atoms with van der Waals surface area (Å²) in [4.78, 5) is 12.6. The summed E-state index contributed by atoms with van der Waals surface area (Å²) in [5, 5.41) is 0.995. The zero-order valence-electron chi connectivity index (χ0n) is 27.9. The van der Waals surface area contributed by atoms with Gasteiger partial charge in [-0.05, 0) is 53.9 Å². The fraction of sp³-hybridized carbons (Fsp3) is 0.636. The molecule has 10 nitrogen and oxygen atoms in total. The summed E-state index contributed by atoms with van der Waals surface area (Å²) >= 11 is 0. The third kappa shape index (κ3) is 4.89. The lowest BCUT2D eigenvalue weighted by atomic mass is 9.93. The van der Waals surface area contributed by atoms with E-state index in [0.29, 0.717) is 92.1 Å². The summed E-state index contributed by atoms with van der Waals surface area (Å²) < 4.78 is 52.6. The smallest absolute Gasteiger partial charge is 0.185 e. The molecule has 2 fully saturated rings. The minimum atomic E-state index is -3.61. The van der Waals surface area contributed by atoms with Crippen molar-refractivity contribution in [1.82, 2.24) is 14.2 Å². The Morgan fingerprint density at radius 2 is 1.64 bits per heavy atom. The van der Waals surface area contributed by atoms with Crippen LogP contribution in [0.1, 0.15) is 60.1 Å². The number of benzene rings is 1. The number of hydrogen-bond donors (Lipinski definition) is 0. The highest BCUT2D eigenvalue weighted by Crippen LogP contribution is 2.50. The summed E-state index contributed by atoms with van der Waals surface area (Å²) in [6, 6.07) is 6.18. The minimum absolute atomic E-state index is 0.00238. The van der Waals surface area contributed by atoms with Gasteiger partial charge in [-0.15, -0.1) is 0 Å². The number of methoxy groups -OCH3 is 1. The molecule has 2 aromatic heterocycles. The molecular formula is C33H48N4O6SSi. The monoisotopic (exact) mass is 656 g/mol. The number of nitrogens with zero attached hydrogens (tertiary/aromatic N) is 4. The molecule has 0 aliphatic carbocycles. The van der Waals surface area contributed by atoms with Crippen LogP contribution in [-0.4, -0.2) is 89.8 Å². The van der Waals surface area contributed by atoms with Gasteiger partial charge in [0.15, 0.2) is 35.5 Å². The van der Waals surface area contributed by atoms with Gasteiger partial charge in [0, 0.05) is 37.0 Å². The highest BCUT2D eigenvalue weighted by molar-refractivity contribution is 7.91. The van der Waals surface area contributed by atoms with E-state index in [1.54, 1.807) is 7.11 Å². The van der Waals surface area contributed by atoms with Crippen molar-refractivity contribution in [1.29, 1.82) is 0 Å². The first-order valence-electron chi connectivity index (χ1n) is 16.2. The molecule has 246 valence electrons. The lowest BCUT2D eigenvalue weighted by Gasteiger charge is -2.44. The van der Waals surface area contributed by atoms with Gasteiger partial charge >= 0.3 is 0 Å². The number of hydrogen-bond acceptors (Lipinski definition) is 9. The van der Waals surface area contributed by atoms with Crippen molar-refractivity contribution in [3.8, 4) is 22.9 Å². The fourth-order valence-corrected chi connectivity index (χ4v) is 16.7. The molecule has 0 spiro atoms. The van der Waals surface area contributed by atoms with E-state index in [1.807, 2.05) is 12.1 Å². The van der Waals surface area contributed by atoms with E-state index in [9.17, 15) is 8.42 Å². The average Bonchev–Trinajstić information content (AvgIpc) is 3.45. The number of fused-ring (bicyclic) bond motifs is 4. The first-order chi connectivity index (χ1) is 21.4. The zero-order chi connectivity index (χ0) is 32.3. The second-order valence-electron chi connectivity index (χ2n) is 13.8. The third-order valence-corrected chi connectivity index (χ3v) is 19.5. The predicted molar refractivity (Wildman–Crippen MR) is 180 cm³/mol. The van der Waals surface area contributed by atoms with Crippen molar-refractivity contribution in [2.45, 2.75) is 81.8 Å². The first kappa shape index (κ1) is 32.3. The van der Waals surface area contributed by atoms with Gasteiger partial charge < -0.3 is 28.1 Å². The lowest BCUT2D eigenvalue weighted by molar-refractivity contribution is 0.0640. The van der Waals surface area contributed by atoms with Crippen LogP contribution in [-0.2, 0) is 24.1 Å². The summed E-state index contributed by atoms with van der Waals surface area (Å²) in [5.41, 5.74) is 3.77. The van der Waals surface area contributed by atoms with Gasteiger partial charge in [0.1, 0.15) is 22.8 Å². The van der Waals surface area contributed by atoms with E-state index in [-0.39, 0.29) is 6.04 Å². The number of sulfone groups is 1. The quantitative estimate of drug-likeness (QED) is 0.279. The molecule has 1 unspecified atom stereocenters. The normalized spacial score (nSPS) is 20.4. The lowest BCUT2D eigenvalue weighted by Crippen LogP contribution is -2.52. The third-order valence-electron chi connectivity index (χ3n) is 10.7. The molecule has 5 heterocycles. The topological polar surface area (TPSA) is 105 Å². The Morgan fingerprint density at radius 3 is 2.27 bits per heavy atom. The summed E-state index contributed by atoms with van der Waals surface area (Å²) in [5.74, 6) is 2.41. The molecule has 1 atom stereocenters. The van der Waals surface area contributed by atoms with Crippen LogP contribution in [0.5, 0.6) is 11.5 Å². The molecule has 0 bridgehead atoms. The van der Waals surface area contributed by atoms with Crippen LogP contribution >= 0.6 is 0 Å². The van der Waals surface area contributed by atoms with E-state index in [4.69, 9.17) is 28.9 Å². The highest BCUT2D eigenvalue weighted by Gasteiger charge is 2.50. The zero-order valence-corrected chi connectivity index (χ0v) is 29.7. The first-order valence-corrected chi connectivity index (χ1v) is 20.3. The standard InChI is InChI=1S/C33H48N4O6SSi/c1-21(2)45(22(3)4,23(5)6)37-14-11-25-26(9-10-27(40-7)28(25)37)31-34-30(33(44(8,38)39)12-16-41-17-13-33)29-32(35-31)36-15-18-42-19-24(36)20-43-29/h9-11,14,21-24H,12-13,15-20H2,1-8H3. The van der Waals surface area contributed by atoms with Crippen molar-refractivity contribution in [3.63, 3.8) is 0 Å². The van der Waals surface area contributed by atoms with Crippen LogP contribution in [0.2, 0.25) is 16.6 Å². The predicted octanol–water partition coefficient (Wildman–Crippen LogP) is 5.78. The van der Waals surface area contributed by atoms with Crippen molar-refractivity contribution in [3.05, 3.63) is 30.1 Å². The van der Waals surface area contributed by atoms with E-state index >= 15 is 0 Å². The molecule has 3 aliphatic rings. The van der Waals surface area contributed by atoms with Crippen LogP contribution in [0.15, 0.2) is 24.4 Å². The Balaban J connectivity index is 1.66. The Hall–Kier alpha value is -2.67. The van der Waals surface area contributed by atoms with Crippen molar-refractivity contribution in [2.24, 2.45) is 0 Å². The molecule has 0 radical (unpaired) electrons. The highest BCUT2D eigenvalue weighted by atomic mass is 32.2. The molecule has 1 aromatic carbocycles. The molecule has 3 aromatic rings. The van der Waals surface area contributed by atoms with E-state index in [1.165, 1.54) is 6.26 Å². The Morgan fingerprint density at radius 1 is 0.956 bits per heavy atom. The molecular weight excluding hydrogens is 609 g/mol. The number of ether oxygens (including phenoxy) is 4. The van der Waals surface area contributed by atoms with Gasteiger partial charge in [0.2, 0.25) is 0 Å². The number of morpholine rings is 1. The van der Waals surface area contributed by atoms with Crippen LogP contribution in [0.25, 0.3) is 22.3 Å². The maximum atomic E-state index is 13.7. The summed E-state index contributed by atoms with van der Waals surface area (Å²) in [6.45, 7) is 16.9. The Kier molecular flexibility index (Phi) is 8.50. The SMILES string of the molecule is COc1ccc(-c2nc3c(c(C4(S(C)(=O)=O)CCOCC4)n2)OCC2COCCN32)c2ccn([Si](C(C)C)(C(C)C)C(C)C)c12. The van der Waals surface area contributed by atoms with Crippen LogP contribution in [0.4, 0.5) is 5.82 Å². The van der Waals surface area contributed by atoms with Crippen LogP contribution in [0, 0.1) is 0 Å². The average molecular weight is 657 g/mol.